The normalized spacial score (nSPS) is 14.2. The summed E-state index contributed by atoms with van der Waals surface area (Å²) in [6.07, 6.45) is 65.2. The van der Waals surface area contributed by atoms with E-state index in [1.165, 1.54) is 154 Å². The number of aliphatic hydroxyl groups excluding tert-OH is 1. The Morgan fingerprint density at radius 1 is 0.295 bits per heavy atom. The Kier molecular flexibility index (Phi) is 67.3. The number of rotatable bonds is 73. The molecule has 0 aliphatic heterocycles. The van der Waals surface area contributed by atoms with Crippen LogP contribution in [-0.4, -0.2) is 96.7 Å². The van der Waals surface area contributed by atoms with Crippen LogP contribution in [0.15, 0.2) is 48.6 Å². The molecule has 0 rings (SSSR count). The summed E-state index contributed by atoms with van der Waals surface area (Å²) in [4.78, 5) is 72.8. The molecule has 0 aliphatic rings. The Morgan fingerprint density at radius 3 is 0.768 bits per heavy atom. The van der Waals surface area contributed by atoms with E-state index >= 15 is 0 Å². The second-order valence-electron chi connectivity index (χ2n) is 26.0. The van der Waals surface area contributed by atoms with Crippen molar-refractivity contribution in [2.24, 2.45) is 0 Å². The third-order valence-electron chi connectivity index (χ3n) is 16.6. The van der Waals surface area contributed by atoms with Gasteiger partial charge in [0.2, 0.25) is 0 Å². The predicted octanol–water partition coefficient (Wildman–Crippen LogP) is 21.7. The number of aliphatic hydroxyl groups is 1. The van der Waals surface area contributed by atoms with Gasteiger partial charge < -0.3 is 33.8 Å². The minimum Gasteiger partial charge on any atom is -0.462 e. The number of unbranched alkanes of at least 4 members (excludes halogenated alkanes) is 41. The number of allylic oxidation sites excluding steroid dienone is 8. The summed E-state index contributed by atoms with van der Waals surface area (Å²) in [6.45, 7) is 4.86. The van der Waals surface area contributed by atoms with Crippen molar-refractivity contribution in [1.29, 1.82) is 0 Å². The number of carbonyl (C=O) groups is 4. The monoisotopic (exact) mass is 1390 g/mol. The van der Waals surface area contributed by atoms with Gasteiger partial charge in [-0.15, -0.1) is 0 Å². The zero-order valence-electron chi connectivity index (χ0n) is 60.6. The van der Waals surface area contributed by atoms with Gasteiger partial charge in [0.1, 0.15) is 19.3 Å². The van der Waals surface area contributed by atoms with Gasteiger partial charge in [-0.25, -0.2) is 9.13 Å². The number of phosphoric acid groups is 2. The van der Waals surface area contributed by atoms with Gasteiger partial charge in [0.05, 0.1) is 26.4 Å². The zero-order chi connectivity index (χ0) is 69.7. The first-order valence-corrected chi connectivity index (χ1v) is 41.4. The minimum absolute atomic E-state index is 0.0786. The van der Waals surface area contributed by atoms with Crippen molar-refractivity contribution in [2.45, 2.75) is 373 Å². The van der Waals surface area contributed by atoms with E-state index in [2.05, 4.69) is 76.3 Å². The van der Waals surface area contributed by atoms with Gasteiger partial charge in [-0.1, -0.05) is 301 Å². The zero-order valence-corrected chi connectivity index (χ0v) is 62.4. The van der Waals surface area contributed by atoms with E-state index in [9.17, 15) is 43.2 Å². The summed E-state index contributed by atoms with van der Waals surface area (Å²) in [7, 11) is -9.93. The Hall–Kier alpha value is -2.98. The minimum atomic E-state index is -4.97. The summed E-state index contributed by atoms with van der Waals surface area (Å²) < 4.78 is 68.4. The van der Waals surface area contributed by atoms with Crippen LogP contribution in [0, 0.1) is 0 Å². The largest absolute Gasteiger partial charge is 0.472 e. The second-order valence-corrected chi connectivity index (χ2v) is 28.9. The van der Waals surface area contributed by atoms with Crippen LogP contribution in [0.2, 0.25) is 0 Å². The Bertz CT molecular complexity index is 2000. The van der Waals surface area contributed by atoms with Gasteiger partial charge >= 0.3 is 39.5 Å². The van der Waals surface area contributed by atoms with Crippen molar-refractivity contribution in [1.82, 2.24) is 0 Å². The average molecular weight is 1390 g/mol. The van der Waals surface area contributed by atoms with E-state index in [4.69, 9.17) is 37.0 Å². The SMILES string of the molecule is CCCCCC/C=C\C=C/CCCCCCCC(=O)OC[C@H](COP(=O)(O)OC[C@@H](O)COP(=O)(O)OC[C@@H](COC(=O)CCCCCCCCCCCCCC)OC(=O)CCCCCCCCCCCCCCC)OC(=O)CCCCCCC/C=C\C=C/CCCCCC. The van der Waals surface area contributed by atoms with Gasteiger partial charge in [-0.05, 0) is 77.0 Å². The highest BCUT2D eigenvalue weighted by atomic mass is 31.2. The maximum Gasteiger partial charge on any atom is 0.472 e. The van der Waals surface area contributed by atoms with Crippen LogP contribution in [0.5, 0.6) is 0 Å². The van der Waals surface area contributed by atoms with Gasteiger partial charge in [-0.2, -0.15) is 0 Å². The summed E-state index contributed by atoms with van der Waals surface area (Å²) in [5, 5.41) is 10.6. The van der Waals surface area contributed by atoms with Crippen molar-refractivity contribution in [3.8, 4) is 0 Å². The molecular weight excluding hydrogens is 1250 g/mol. The fraction of sp³-hybridized carbons (Fsp3) is 0.842. The molecule has 0 saturated heterocycles. The smallest absolute Gasteiger partial charge is 0.462 e. The lowest BCUT2D eigenvalue weighted by Crippen LogP contribution is -2.30. The van der Waals surface area contributed by atoms with E-state index in [0.29, 0.717) is 25.7 Å². The number of hydrogen-bond acceptors (Lipinski definition) is 15. The molecule has 3 N–H and O–H groups in total. The van der Waals surface area contributed by atoms with Crippen LogP contribution < -0.4 is 0 Å². The third-order valence-corrected chi connectivity index (χ3v) is 18.5. The molecule has 0 amide bonds. The first-order chi connectivity index (χ1) is 46.2. The molecule has 0 aromatic rings. The molecule has 17 nitrogen and oxygen atoms in total. The first kappa shape index (κ1) is 92.0. The van der Waals surface area contributed by atoms with Crippen molar-refractivity contribution in [2.75, 3.05) is 39.6 Å². The number of phosphoric ester groups is 2. The molecule has 0 radical (unpaired) electrons. The van der Waals surface area contributed by atoms with E-state index in [0.717, 1.165) is 122 Å². The maximum atomic E-state index is 13.1. The Balaban J connectivity index is 5.33. The van der Waals surface area contributed by atoms with Crippen molar-refractivity contribution in [3.05, 3.63) is 48.6 Å². The number of carbonyl (C=O) groups excluding carboxylic acids is 4. The van der Waals surface area contributed by atoms with Crippen molar-refractivity contribution < 1.29 is 80.2 Å². The lowest BCUT2D eigenvalue weighted by atomic mass is 10.0. The summed E-state index contributed by atoms with van der Waals surface area (Å²) in [6, 6.07) is 0. The van der Waals surface area contributed by atoms with Crippen molar-refractivity contribution >= 4 is 39.5 Å². The second kappa shape index (κ2) is 69.5. The average Bonchev–Trinajstić information content (AvgIpc) is 2.74. The van der Waals surface area contributed by atoms with Gasteiger partial charge in [0.15, 0.2) is 12.2 Å². The van der Waals surface area contributed by atoms with Crippen LogP contribution in [0.25, 0.3) is 0 Å². The van der Waals surface area contributed by atoms with E-state index in [1.807, 2.05) is 0 Å². The molecule has 5 atom stereocenters. The molecule has 0 spiro atoms. The van der Waals surface area contributed by atoms with Crippen LogP contribution in [0.4, 0.5) is 0 Å². The van der Waals surface area contributed by atoms with Crippen LogP contribution in [0.3, 0.4) is 0 Å². The lowest BCUT2D eigenvalue weighted by Gasteiger charge is -2.21. The van der Waals surface area contributed by atoms with Crippen molar-refractivity contribution in [3.63, 3.8) is 0 Å². The molecular formula is C76H140O17P2. The maximum absolute atomic E-state index is 13.1. The molecule has 0 heterocycles. The van der Waals surface area contributed by atoms with E-state index < -0.39 is 97.5 Å². The number of esters is 4. The molecule has 19 heteroatoms. The molecule has 0 aromatic heterocycles. The molecule has 0 aliphatic carbocycles. The highest BCUT2D eigenvalue weighted by molar-refractivity contribution is 7.47. The topological polar surface area (TPSA) is 237 Å². The highest BCUT2D eigenvalue weighted by Crippen LogP contribution is 2.45. The standard InChI is InChI=1S/C76H140O17P2/c1-5-9-13-17-21-25-29-33-35-38-41-45-49-53-57-61-74(79)87-67-72(93-76(81)63-59-55-51-47-43-39-36-34-30-26-22-18-14-10-6-2)69-91-95(84,85)89-65-70(77)64-88-94(82,83)90-68-71(66-86-73(78)60-56-52-48-44-40-32-28-24-20-16-12-8-4)92-75(80)62-58-54-50-46-42-37-31-27-23-19-15-11-7-3/h25-26,29-30,33-36,70-72,77H,5-24,27-28,31-32,37-69H2,1-4H3,(H,82,83)(H,84,85)/b29-25-,30-26-,35-33-,36-34-/t70-,71+,72+/m0/s1. The Morgan fingerprint density at radius 2 is 0.505 bits per heavy atom. The fourth-order valence-corrected chi connectivity index (χ4v) is 12.3. The van der Waals surface area contributed by atoms with Gasteiger partial charge in [0.25, 0.3) is 0 Å². The molecule has 0 fully saturated rings. The Labute approximate surface area is 578 Å². The predicted molar refractivity (Wildman–Crippen MR) is 386 cm³/mol. The number of ether oxygens (including phenoxy) is 4. The summed E-state index contributed by atoms with van der Waals surface area (Å²) >= 11 is 0. The summed E-state index contributed by atoms with van der Waals surface area (Å²) in [5.74, 6) is -2.17. The molecule has 556 valence electrons. The molecule has 0 bridgehead atoms. The van der Waals surface area contributed by atoms with Crippen LogP contribution in [0.1, 0.15) is 355 Å². The lowest BCUT2D eigenvalue weighted by molar-refractivity contribution is -0.161. The number of hydrogen-bond donors (Lipinski definition) is 3. The van der Waals surface area contributed by atoms with Gasteiger partial charge in [-0.3, -0.25) is 37.3 Å². The highest BCUT2D eigenvalue weighted by Gasteiger charge is 2.30. The molecule has 95 heavy (non-hydrogen) atoms. The molecule has 0 saturated carbocycles. The molecule has 0 aromatic carbocycles. The van der Waals surface area contributed by atoms with Gasteiger partial charge in [0, 0.05) is 25.7 Å². The van der Waals surface area contributed by atoms with E-state index in [1.54, 1.807) is 0 Å². The quantitative estimate of drug-likeness (QED) is 0.0169. The first-order valence-electron chi connectivity index (χ1n) is 38.4. The van der Waals surface area contributed by atoms with Crippen LogP contribution in [-0.2, 0) is 65.4 Å². The summed E-state index contributed by atoms with van der Waals surface area (Å²) in [5.41, 5.74) is 0. The fourth-order valence-electron chi connectivity index (χ4n) is 10.7. The molecule has 2 unspecified atom stereocenters. The van der Waals surface area contributed by atoms with Crippen LogP contribution >= 0.6 is 15.6 Å². The van der Waals surface area contributed by atoms with E-state index in [-0.39, 0.29) is 25.7 Å². The third kappa shape index (κ3) is 69.3.